The number of rotatable bonds is 8. The summed E-state index contributed by atoms with van der Waals surface area (Å²) in [4.78, 5) is 33.0. The van der Waals surface area contributed by atoms with E-state index in [0.29, 0.717) is 17.5 Å². The topological polar surface area (TPSA) is 105 Å². The molecule has 0 fully saturated rings. The monoisotopic (exact) mass is 471 g/mol. The van der Waals surface area contributed by atoms with Crippen LogP contribution in [-0.4, -0.2) is 23.1 Å². The molecule has 4 rings (SSSR count). The molecule has 0 amide bonds. The summed E-state index contributed by atoms with van der Waals surface area (Å²) in [6, 6.07) is 17.4. The van der Waals surface area contributed by atoms with Crippen LogP contribution >= 0.6 is 0 Å². The van der Waals surface area contributed by atoms with Gasteiger partial charge in [-0.3, -0.25) is 9.59 Å². The first-order valence-corrected chi connectivity index (χ1v) is 11.4. The second-order valence-electron chi connectivity index (χ2n) is 9.46. The van der Waals surface area contributed by atoms with Gasteiger partial charge in [-0.2, -0.15) is 4.98 Å². The summed E-state index contributed by atoms with van der Waals surface area (Å²) in [7, 11) is 1.64. The molecule has 1 heterocycles. The maximum absolute atomic E-state index is 12.2. The molecule has 0 unspecified atom stereocenters. The Bertz CT molecular complexity index is 1380. The summed E-state index contributed by atoms with van der Waals surface area (Å²) < 4.78 is 5.21. The fourth-order valence-electron chi connectivity index (χ4n) is 3.36. The lowest BCUT2D eigenvalue weighted by atomic mass is 9.87. The zero-order valence-electron chi connectivity index (χ0n) is 20.5. The molecule has 0 aliphatic heterocycles. The van der Waals surface area contributed by atoms with Crippen LogP contribution in [0.4, 0.5) is 28.8 Å². The number of nitrogens with one attached hydrogen (secondary N) is 3. The maximum Gasteiger partial charge on any atom is 0.253 e. The molecule has 0 bridgehead atoms. The van der Waals surface area contributed by atoms with Gasteiger partial charge in [0, 0.05) is 17.9 Å². The third-order valence-corrected chi connectivity index (χ3v) is 6.04. The highest BCUT2D eigenvalue weighted by Crippen LogP contribution is 2.27. The van der Waals surface area contributed by atoms with E-state index in [1.807, 2.05) is 55.5 Å². The van der Waals surface area contributed by atoms with Crippen molar-refractivity contribution in [3.63, 3.8) is 0 Å². The third-order valence-electron chi connectivity index (χ3n) is 6.04. The first-order valence-electron chi connectivity index (χ1n) is 11.4. The zero-order chi connectivity index (χ0) is 25.2. The van der Waals surface area contributed by atoms with E-state index < -0.39 is 10.9 Å². The number of nitrogens with zero attached hydrogens (tertiary/aromatic N) is 2. The lowest BCUT2D eigenvalue weighted by Gasteiger charge is -2.30. The largest absolute Gasteiger partial charge is 0.497 e. The van der Waals surface area contributed by atoms with E-state index in [-0.39, 0.29) is 17.1 Å². The normalized spacial score (nSPS) is 12.3. The van der Waals surface area contributed by atoms with Gasteiger partial charge in [0.05, 0.1) is 7.11 Å². The number of aromatic nitrogens is 2. The Morgan fingerprint density at radius 3 is 2.03 bits per heavy atom. The average molecular weight is 472 g/mol. The van der Waals surface area contributed by atoms with E-state index in [1.165, 1.54) is 0 Å². The van der Waals surface area contributed by atoms with E-state index >= 15 is 0 Å². The van der Waals surface area contributed by atoms with E-state index in [9.17, 15) is 9.59 Å². The Hall–Kier alpha value is -4.20. The first kappa shape index (κ1) is 23.9. The van der Waals surface area contributed by atoms with Crippen LogP contribution in [0.15, 0.2) is 70.4 Å². The SMILES string of the molecule is COc1ccc(-c2ccc(Nc3nccc(Nc4c(N[C@H](C)C(C)(C)C)c(=O)c4=O)n3)cc2)cc1. The van der Waals surface area contributed by atoms with Crippen LogP contribution in [-0.2, 0) is 0 Å². The van der Waals surface area contributed by atoms with Crippen LogP contribution in [0.2, 0.25) is 0 Å². The predicted octanol–water partition coefficient (Wildman–Crippen LogP) is 5.08. The minimum atomic E-state index is -0.559. The first-order chi connectivity index (χ1) is 16.7. The van der Waals surface area contributed by atoms with Crippen molar-refractivity contribution >= 4 is 28.8 Å². The molecule has 35 heavy (non-hydrogen) atoms. The van der Waals surface area contributed by atoms with Crippen LogP contribution in [0.5, 0.6) is 5.75 Å². The Morgan fingerprint density at radius 2 is 1.43 bits per heavy atom. The number of hydrogen-bond acceptors (Lipinski definition) is 8. The molecular formula is C27H29N5O3. The van der Waals surface area contributed by atoms with Crippen molar-refractivity contribution in [2.75, 3.05) is 23.1 Å². The van der Waals surface area contributed by atoms with Crippen LogP contribution in [0, 0.1) is 5.41 Å². The standard InChI is InChI=1S/C27H29N5O3/c1-16(27(2,3)4)29-22-23(25(34)24(22)33)31-21-14-15-28-26(32-21)30-19-10-6-17(7-11-19)18-8-12-20(35-5)13-9-18/h6-16,29H,1-5H3,(H2,28,30,31,32)/t16-/m1/s1. The molecule has 3 aromatic carbocycles. The molecule has 0 aliphatic rings. The van der Waals surface area contributed by atoms with Gasteiger partial charge < -0.3 is 20.7 Å². The number of methoxy groups -OCH3 is 1. The molecular weight excluding hydrogens is 442 g/mol. The number of benzene rings is 2. The number of ether oxygens (including phenoxy) is 1. The highest BCUT2D eigenvalue weighted by atomic mass is 16.5. The van der Waals surface area contributed by atoms with Gasteiger partial charge in [-0.1, -0.05) is 45.0 Å². The van der Waals surface area contributed by atoms with Crippen molar-refractivity contribution < 1.29 is 4.74 Å². The summed E-state index contributed by atoms with van der Waals surface area (Å²) in [5.74, 6) is 1.59. The highest BCUT2D eigenvalue weighted by molar-refractivity contribution is 5.78. The minimum absolute atomic E-state index is 0.00476. The fraction of sp³-hybridized carbons (Fsp3) is 0.259. The van der Waals surface area contributed by atoms with Crippen LogP contribution in [0.3, 0.4) is 0 Å². The summed E-state index contributed by atoms with van der Waals surface area (Å²) in [5, 5.41) is 9.31. The quantitative estimate of drug-likeness (QED) is 0.306. The van der Waals surface area contributed by atoms with Gasteiger partial charge in [0.2, 0.25) is 5.95 Å². The van der Waals surface area contributed by atoms with E-state index in [2.05, 4.69) is 46.7 Å². The summed E-state index contributed by atoms with van der Waals surface area (Å²) in [6.45, 7) is 8.17. The van der Waals surface area contributed by atoms with Gasteiger partial charge in [-0.05, 0) is 53.8 Å². The van der Waals surface area contributed by atoms with E-state index in [1.54, 1.807) is 19.4 Å². The molecule has 0 saturated heterocycles. The summed E-state index contributed by atoms with van der Waals surface area (Å²) in [5.41, 5.74) is 2.32. The van der Waals surface area contributed by atoms with Crippen molar-refractivity contribution in [1.82, 2.24) is 9.97 Å². The number of anilines is 5. The molecule has 8 heteroatoms. The Balaban J connectivity index is 1.46. The zero-order valence-corrected chi connectivity index (χ0v) is 20.5. The smallest absolute Gasteiger partial charge is 0.253 e. The lowest BCUT2D eigenvalue weighted by molar-refractivity contribution is 0.359. The van der Waals surface area contributed by atoms with Crippen molar-refractivity contribution in [3.05, 3.63) is 81.2 Å². The summed E-state index contributed by atoms with van der Waals surface area (Å²) in [6.07, 6.45) is 1.58. The van der Waals surface area contributed by atoms with Gasteiger partial charge in [-0.25, -0.2) is 4.98 Å². The molecule has 0 aliphatic carbocycles. The Kier molecular flexibility index (Phi) is 6.55. The fourth-order valence-corrected chi connectivity index (χ4v) is 3.36. The lowest BCUT2D eigenvalue weighted by Crippen LogP contribution is -2.41. The van der Waals surface area contributed by atoms with E-state index in [0.717, 1.165) is 22.6 Å². The Morgan fingerprint density at radius 1 is 0.829 bits per heavy atom. The van der Waals surface area contributed by atoms with Gasteiger partial charge >= 0.3 is 0 Å². The second kappa shape index (κ2) is 9.58. The molecule has 0 spiro atoms. The highest BCUT2D eigenvalue weighted by Gasteiger charge is 2.27. The molecule has 0 radical (unpaired) electrons. The van der Waals surface area contributed by atoms with Crippen molar-refractivity contribution in [2.45, 2.75) is 33.7 Å². The second-order valence-corrected chi connectivity index (χ2v) is 9.46. The number of hydrogen-bond donors (Lipinski definition) is 3. The van der Waals surface area contributed by atoms with E-state index in [4.69, 9.17) is 4.74 Å². The average Bonchev–Trinajstić information content (AvgIpc) is 2.86. The van der Waals surface area contributed by atoms with Gasteiger partial charge in [-0.15, -0.1) is 0 Å². The maximum atomic E-state index is 12.2. The Labute approximate surface area is 204 Å². The molecule has 1 atom stereocenters. The minimum Gasteiger partial charge on any atom is -0.497 e. The predicted molar refractivity (Wildman–Crippen MR) is 141 cm³/mol. The molecule has 180 valence electrons. The molecule has 0 saturated carbocycles. The molecule has 4 aromatic rings. The van der Waals surface area contributed by atoms with Gasteiger partial charge in [0.1, 0.15) is 22.9 Å². The van der Waals surface area contributed by atoms with Crippen LogP contribution in [0.1, 0.15) is 27.7 Å². The van der Waals surface area contributed by atoms with Gasteiger partial charge in [0.15, 0.2) is 0 Å². The molecule has 3 N–H and O–H groups in total. The van der Waals surface area contributed by atoms with Crippen LogP contribution < -0.4 is 31.5 Å². The van der Waals surface area contributed by atoms with Gasteiger partial charge in [0.25, 0.3) is 10.9 Å². The van der Waals surface area contributed by atoms with Crippen molar-refractivity contribution in [3.8, 4) is 16.9 Å². The van der Waals surface area contributed by atoms with Crippen LogP contribution in [0.25, 0.3) is 11.1 Å². The third kappa shape index (κ3) is 5.32. The van der Waals surface area contributed by atoms with Crippen molar-refractivity contribution in [2.24, 2.45) is 5.41 Å². The summed E-state index contributed by atoms with van der Waals surface area (Å²) >= 11 is 0. The molecule has 8 nitrogen and oxygen atoms in total. The molecule has 1 aromatic heterocycles. The van der Waals surface area contributed by atoms with Crippen molar-refractivity contribution in [1.29, 1.82) is 0 Å².